The zero-order chi connectivity index (χ0) is 19.8. The van der Waals surface area contributed by atoms with E-state index in [4.69, 9.17) is 11.6 Å². The predicted molar refractivity (Wildman–Crippen MR) is 96.5 cm³/mol. The predicted octanol–water partition coefficient (Wildman–Crippen LogP) is 4.60. The van der Waals surface area contributed by atoms with E-state index in [1.54, 1.807) is 31.3 Å². The molecule has 8 heteroatoms. The number of hydrogen-bond acceptors (Lipinski definition) is 2. The number of carbonyl (C=O) groups excluding carboxylic acids is 2. The largest absolute Gasteiger partial charge is 0.418 e. The van der Waals surface area contributed by atoms with E-state index in [9.17, 15) is 22.8 Å². The molecule has 0 spiro atoms. The van der Waals surface area contributed by atoms with Gasteiger partial charge < -0.3 is 10.2 Å². The van der Waals surface area contributed by atoms with Crippen LogP contribution in [0.15, 0.2) is 48.5 Å². The molecule has 1 fully saturated rings. The molecule has 1 aliphatic carbocycles. The van der Waals surface area contributed by atoms with Crippen LogP contribution in [0.4, 0.5) is 24.5 Å². The van der Waals surface area contributed by atoms with Crippen LogP contribution in [0.3, 0.4) is 0 Å². The maximum Gasteiger partial charge on any atom is 0.418 e. The van der Waals surface area contributed by atoms with E-state index in [1.165, 1.54) is 11.0 Å². The van der Waals surface area contributed by atoms with Crippen LogP contribution in [0.5, 0.6) is 0 Å². The van der Waals surface area contributed by atoms with Gasteiger partial charge in [-0.25, -0.2) is 0 Å². The molecule has 2 atom stereocenters. The number of alkyl halides is 3. The number of carbonyl (C=O) groups is 2. The first-order valence-electron chi connectivity index (χ1n) is 8.18. The zero-order valence-corrected chi connectivity index (χ0v) is 15.0. The lowest BCUT2D eigenvalue weighted by Gasteiger charge is -2.17. The Labute approximate surface area is 158 Å². The van der Waals surface area contributed by atoms with Crippen molar-refractivity contribution in [3.05, 3.63) is 59.1 Å². The summed E-state index contributed by atoms with van der Waals surface area (Å²) in [5.41, 5.74) is -0.703. The molecule has 0 bridgehead atoms. The van der Waals surface area contributed by atoms with Gasteiger partial charge in [-0.2, -0.15) is 13.2 Å². The Hall–Kier alpha value is -2.54. The van der Waals surface area contributed by atoms with E-state index in [-0.39, 0.29) is 16.6 Å². The molecule has 2 unspecified atom stereocenters. The molecule has 0 heterocycles. The Balaban J connectivity index is 1.68. The van der Waals surface area contributed by atoms with Crippen LogP contribution in [0, 0.1) is 11.8 Å². The van der Waals surface area contributed by atoms with Gasteiger partial charge in [-0.15, -0.1) is 0 Å². The number of amides is 2. The first kappa shape index (κ1) is 19.2. The van der Waals surface area contributed by atoms with Gasteiger partial charge in [0.05, 0.1) is 23.1 Å². The van der Waals surface area contributed by atoms with Crippen LogP contribution in [0.2, 0.25) is 5.02 Å². The summed E-state index contributed by atoms with van der Waals surface area (Å²) in [6.07, 6.45) is -4.35. The highest BCUT2D eigenvalue weighted by atomic mass is 35.5. The van der Waals surface area contributed by atoms with Gasteiger partial charge in [0, 0.05) is 17.8 Å². The summed E-state index contributed by atoms with van der Waals surface area (Å²) in [5, 5.41) is 2.20. The number of anilines is 2. The van der Waals surface area contributed by atoms with Crippen molar-refractivity contribution in [2.75, 3.05) is 17.3 Å². The lowest BCUT2D eigenvalue weighted by molar-refractivity contribution is -0.137. The minimum absolute atomic E-state index is 0.0794. The average molecular weight is 397 g/mol. The molecular formula is C19H16ClF3N2O2. The topological polar surface area (TPSA) is 49.4 Å². The Morgan fingerprint density at radius 3 is 2.41 bits per heavy atom. The van der Waals surface area contributed by atoms with Crippen LogP contribution in [0.1, 0.15) is 12.0 Å². The number of halogens is 4. The number of nitrogens with zero attached hydrogens (tertiary/aromatic N) is 1. The summed E-state index contributed by atoms with van der Waals surface area (Å²) in [5.74, 6) is -2.05. The molecule has 0 saturated heterocycles. The number of para-hydroxylation sites is 1. The van der Waals surface area contributed by atoms with Crippen molar-refractivity contribution in [3.8, 4) is 0 Å². The van der Waals surface area contributed by atoms with E-state index in [2.05, 4.69) is 5.32 Å². The lowest BCUT2D eigenvalue weighted by atomic mass is 10.1. The van der Waals surface area contributed by atoms with E-state index >= 15 is 0 Å². The van der Waals surface area contributed by atoms with Crippen LogP contribution >= 0.6 is 11.6 Å². The Bertz CT molecular complexity index is 871. The fraction of sp³-hybridized carbons (Fsp3) is 0.263. The molecule has 1 aliphatic rings. The van der Waals surface area contributed by atoms with Gasteiger partial charge in [0.25, 0.3) is 0 Å². The normalized spacial score (nSPS) is 18.7. The molecule has 1 N–H and O–H groups in total. The molecule has 1 saturated carbocycles. The molecule has 0 radical (unpaired) electrons. The third-order valence-electron chi connectivity index (χ3n) is 4.46. The summed E-state index contributed by atoms with van der Waals surface area (Å²) in [6.45, 7) is 0. The van der Waals surface area contributed by atoms with Gasteiger partial charge in [0.15, 0.2) is 0 Å². The molecule has 0 aromatic heterocycles. The van der Waals surface area contributed by atoms with Crippen molar-refractivity contribution in [3.63, 3.8) is 0 Å². The zero-order valence-electron chi connectivity index (χ0n) is 14.3. The highest BCUT2D eigenvalue weighted by molar-refractivity contribution is 6.30. The molecule has 2 aromatic carbocycles. The highest BCUT2D eigenvalue weighted by Gasteiger charge is 2.49. The van der Waals surface area contributed by atoms with Gasteiger partial charge in [0.2, 0.25) is 11.8 Å². The molecule has 2 amide bonds. The fourth-order valence-corrected chi connectivity index (χ4v) is 3.04. The average Bonchev–Trinajstić information content (AvgIpc) is 3.42. The van der Waals surface area contributed by atoms with Crippen LogP contribution < -0.4 is 10.2 Å². The number of hydrogen-bond donors (Lipinski definition) is 1. The molecule has 0 aliphatic heterocycles. The van der Waals surface area contributed by atoms with Crippen LogP contribution in [-0.2, 0) is 15.8 Å². The first-order chi connectivity index (χ1) is 12.7. The maximum absolute atomic E-state index is 13.1. The van der Waals surface area contributed by atoms with E-state index in [1.807, 2.05) is 6.07 Å². The van der Waals surface area contributed by atoms with Gasteiger partial charge in [-0.05, 0) is 36.8 Å². The van der Waals surface area contributed by atoms with E-state index in [0.29, 0.717) is 12.1 Å². The van der Waals surface area contributed by atoms with Crippen LogP contribution in [-0.4, -0.2) is 18.9 Å². The summed E-state index contributed by atoms with van der Waals surface area (Å²) >= 11 is 5.63. The van der Waals surface area contributed by atoms with Gasteiger partial charge in [-0.1, -0.05) is 29.8 Å². The third-order valence-corrected chi connectivity index (χ3v) is 4.70. The van der Waals surface area contributed by atoms with Crippen molar-refractivity contribution in [1.29, 1.82) is 0 Å². The van der Waals surface area contributed by atoms with Gasteiger partial charge in [0.1, 0.15) is 0 Å². The first-order valence-corrected chi connectivity index (χ1v) is 8.56. The van der Waals surface area contributed by atoms with Crippen molar-refractivity contribution in [1.82, 2.24) is 0 Å². The quantitative estimate of drug-likeness (QED) is 0.821. The van der Waals surface area contributed by atoms with E-state index < -0.39 is 29.5 Å². The molecule has 2 aromatic rings. The Kier molecular flexibility index (Phi) is 5.15. The number of rotatable bonds is 4. The third kappa shape index (κ3) is 4.24. The van der Waals surface area contributed by atoms with Crippen molar-refractivity contribution in [2.45, 2.75) is 12.6 Å². The summed E-state index contributed by atoms with van der Waals surface area (Å²) in [6, 6.07) is 12.1. The number of benzene rings is 2. The summed E-state index contributed by atoms with van der Waals surface area (Å²) in [4.78, 5) is 26.3. The Morgan fingerprint density at radius 1 is 1.11 bits per heavy atom. The molecule has 27 heavy (non-hydrogen) atoms. The van der Waals surface area contributed by atoms with Crippen molar-refractivity contribution < 1.29 is 22.8 Å². The summed E-state index contributed by atoms with van der Waals surface area (Å²) < 4.78 is 39.4. The van der Waals surface area contributed by atoms with Crippen molar-refractivity contribution in [2.24, 2.45) is 11.8 Å². The number of nitrogens with one attached hydrogen (secondary N) is 1. The molecule has 3 rings (SSSR count). The molecule has 4 nitrogen and oxygen atoms in total. The minimum atomic E-state index is -4.65. The van der Waals surface area contributed by atoms with Crippen molar-refractivity contribution >= 4 is 34.8 Å². The van der Waals surface area contributed by atoms with Gasteiger partial charge >= 0.3 is 6.18 Å². The second kappa shape index (κ2) is 7.23. The maximum atomic E-state index is 13.1. The fourth-order valence-electron chi connectivity index (χ4n) is 2.87. The monoisotopic (exact) mass is 396 g/mol. The Morgan fingerprint density at radius 2 is 1.78 bits per heavy atom. The van der Waals surface area contributed by atoms with E-state index in [0.717, 1.165) is 12.1 Å². The molecule has 142 valence electrons. The summed E-state index contributed by atoms with van der Waals surface area (Å²) in [7, 11) is 1.60. The highest BCUT2D eigenvalue weighted by Crippen LogP contribution is 2.42. The SMILES string of the molecule is CN(C(=O)C1CC1C(=O)Nc1ccc(Cl)cc1C(F)(F)F)c1ccccc1. The smallest absolute Gasteiger partial charge is 0.325 e. The van der Waals surface area contributed by atoms with Crippen LogP contribution in [0.25, 0.3) is 0 Å². The standard InChI is InChI=1S/C19H16ClF3N2O2/c1-25(12-5-3-2-4-6-12)18(27)14-10-13(14)17(26)24-16-8-7-11(20)9-15(16)19(21,22)23/h2-9,13-14H,10H2,1H3,(H,24,26). The second-order valence-electron chi connectivity index (χ2n) is 6.36. The molecular weight excluding hydrogens is 381 g/mol. The second-order valence-corrected chi connectivity index (χ2v) is 6.79. The lowest BCUT2D eigenvalue weighted by Crippen LogP contribution is -2.29. The van der Waals surface area contributed by atoms with Gasteiger partial charge in [-0.3, -0.25) is 9.59 Å². The minimum Gasteiger partial charge on any atom is -0.325 e.